The Morgan fingerprint density at radius 2 is 1.90 bits per heavy atom. The fraction of sp³-hybridized carbons (Fsp3) is 0.533. The van der Waals surface area contributed by atoms with Crippen LogP contribution in [-0.4, -0.2) is 64.7 Å². The number of thioether (sulfide) groups is 1. The van der Waals surface area contributed by atoms with Crippen LogP contribution in [0.3, 0.4) is 0 Å². The number of allylic oxidation sites excluding steroid dienone is 1. The van der Waals surface area contributed by atoms with E-state index in [1.807, 2.05) is 0 Å². The number of hydrogen-bond donors (Lipinski definition) is 2. The first-order valence-corrected chi connectivity index (χ1v) is 10.6. The van der Waals surface area contributed by atoms with E-state index >= 15 is 0 Å². The number of hydrogen-bond acceptors (Lipinski definition) is 8. The summed E-state index contributed by atoms with van der Waals surface area (Å²) in [5.41, 5.74) is -7.18. The number of carbonyl (C=O) groups excluding carboxylic acids is 2. The maximum Gasteiger partial charge on any atom is 0.534 e. The Morgan fingerprint density at radius 1 is 1.30 bits per heavy atom. The minimum atomic E-state index is -5.90. The first-order valence-electron chi connectivity index (χ1n) is 8.12. The molecule has 0 saturated carbocycles. The van der Waals surface area contributed by atoms with Crippen molar-refractivity contribution >= 4 is 39.8 Å². The minimum absolute atomic E-state index is 0.103. The van der Waals surface area contributed by atoms with Gasteiger partial charge in [0.05, 0.1) is 0 Å². The van der Waals surface area contributed by atoms with Crippen LogP contribution in [0.1, 0.15) is 20.8 Å². The van der Waals surface area contributed by atoms with Gasteiger partial charge in [-0.15, -0.1) is 11.8 Å². The number of aliphatic carboxylic acids is 1. The Morgan fingerprint density at radius 3 is 2.40 bits per heavy atom. The summed E-state index contributed by atoms with van der Waals surface area (Å²) in [5.74, 6) is -2.44. The molecule has 10 nitrogen and oxygen atoms in total. The molecular formula is C15H17F3N2O8S2. The third kappa shape index (κ3) is 5.00. The fourth-order valence-electron chi connectivity index (χ4n) is 2.44. The van der Waals surface area contributed by atoms with Gasteiger partial charge in [0.2, 0.25) is 0 Å². The van der Waals surface area contributed by atoms with Crippen LogP contribution in [-0.2, 0) is 28.6 Å². The molecule has 2 unspecified atom stereocenters. The number of nitrogens with one attached hydrogen (secondary N) is 1. The van der Waals surface area contributed by atoms with E-state index in [2.05, 4.69) is 9.50 Å². The monoisotopic (exact) mass is 474 g/mol. The lowest BCUT2D eigenvalue weighted by Gasteiger charge is -2.49. The number of nitrogens with zero attached hydrogens (tertiary/aromatic N) is 1. The Balaban J connectivity index is 2.18. The van der Waals surface area contributed by atoms with Crippen LogP contribution in [0.5, 0.6) is 0 Å². The number of amides is 2. The third-order valence-corrected chi connectivity index (χ3v) is 5.84. The molecule has 2 amide bonds. The van der Waals surface area contributed by atoms with E-state index in [1.165, 1.54) is 0 Å². The van der Waals surface area contributed by atoms with Gasteiger partial charge < -0.3 is 19.3 Å². The number of rotatable bonds is 5. The highest BCUT2D eigenvalue weighted by Crippen LogP contribution is 2.40. The number of halogens is 3. The lowest BCUT2D eigenvalue weighted by atomic mass is 10.0. The van der Waals surface area contributed by atoms with Gasteiger partial charge in [0.15, 0.2) is 0 Å². The molecule has 0 bridgehead atoms. The van der Waals surface area contributed by atoms with E-state index in [4.69, 9.17) is 4.74 Å². The number of fused-ring (bicyclic) bond motifs is 1. The predicted octanol–water partition coefficient (Wildman–Crippen LogP) is 1.51. The van der Waals surface area contributed by atoms with Crippen LogP contribution in [0.4, 0.5) is 18.0 Å². The van der Waals surface area contributed by atoms with Crippen molar-refractivity contribution < 1.29 is 50.0 Å². The number of carboxylic acid groups (broad SMARTS) is 1. The molecule has 2 heterocycles. The number of ether oxygens (including phenoxy) is 1. The van der Waals surface area contributed by atoms with Crippen LogP contribution >= 0.6 is 11.8 Å². The standard InChI is InChI=1S/C15H17F3N2O8S2/c1-14(2,3)28-13(24)19-8-10(21)20-9(12(22)23)7(6-29-11(8)20)4-5-27-30(25,26)15(16,17)18/h4-5,8,11H,6H2,1-3H3,(H,19,24)(H,22,23). The summed E-state index contributed by atoms with van der Waals surface area (Å²) in [5, 5.41) is 11.0. The van der Waals surface area contributed by atoms with Gasteiger partial charge in [0.1, 0.15) is 29.0 Å². The van der Waals surface area contributed by atoms with Gasteiger partial charge >= 0.3 is 27.7 Å². The molecule has 0 aromatic rings. The molecule has 30 heavy (non-hydrogen) atoms. The highest BCUT2D eigenvalue weighted by atomic mass is 32.2. The fourth-order valence-corrected chi connectivity index (χ4v) is 4.07. The molecule has 2 aliphatic heterocycles. The molecule has 1 saturated heterocycles. The molecule has 0 aliphatic carbocycles. The molecule has 2 atom stereocenters. The molecule has 15 heteroatoms. The van der Waals surface area contributed by atoms with Crippen LogP contribution in [0, 0.1) is 0 Å². The molecule has 1 fully saturated rings. The number of carboxylic acids is 1. The van der Waals surface area contributed by atoms with E-state index in [-0.39, 0.29) is 17.6 Å². The zero-order valence-electron chi connectivity index (χ0n) is 15.7. The average molecular weight is 474 g/mol. The normalized spacial score (nSPS) is 22.5. The summed E-state index contributed by atoms with van der Waals surface area (Å²) in [7, 11) is -5.90. The smallest absolute Gasteiger partial charge is 0.477 e. The largest absolute Gasteiger partial charge is 0.534 e. The number of alkyl halides is 3. The van der Waals surface area contributed by atoms with Gasteiger partial charge in [-0.1, -0.05) is 0 Å². The summed E-state index contributed by atoms with van der Waals surface area (Å²) >= 11 is 1.01. The zero-order valence-corrected chi connectivity index (χ0v) is 17.4. The maximum atomic E-state index is 12.4. The zero-order chi connectivity index (χ0) is 23.1. The summed E-state index contributed by atoms with van der Waals surface area (Å²) in [6, 6.07) is -1.06. The van der Waals surface area contributed by atoms with Crippen molar-refractivity contribution in [2.45, 2.75) is 43.3 Å². The van der Waals surface area contributed by atoms with Gasteiger partial charge in [0.25, 0.3) is 5.91 Å². The summed E-state index contributed by atoms with van der Waals surface area (Å²) < 4.78 is 67.3. The van der Waals surface area contributed by atoms with Crippen LogP contribution in [0.25, 0.3) is 0 Å². The lowest BCUT2D eigenvalue weighted by Crippen LogP contribution is -2.70. The summed E-state index contributed by atoms with van der Waals surface area (Å²) in [6.07, 6.45) is 0.0268. The van der Waals surface area contributed by atoms with Crippen molar-refractivity contribution in [2.24, 2.45) is 0 Å². The molecule has 0 aromatic carbocycles. The maximum absolute atomic E-state index is 12.4. The van der Waals surface area contributed by atoms with E-state index in [9.17, 15) is 41.1 Å². The summed E-state index contributed by atoms with van der Waals surface area (Å²) in [6.45, 7) is 4.84. The number of alkyl carbamates (subject to hydrolysis) is 1. The second kappa shape index (κ2) is 8.02. The number of carbonyl (C=O) groups is 3. The topological polar surface area (TPSA) is 139 Å². The Kier molecular flexibility index (Phi) is 6.37. The Labute approximate surface area is 173 Å². The number of β-lactam (4-membered cyclic amide) rings is 1. The highest BCUT2D eigenvalue weighted by Gasteiger charge is 2.54. The van der Waals surface area contributed by atoms with E-state index < -0.39 is 56.3 Å². The minimum Gasteiger partial charge on any atom is -0.477 e. The molecule has 0 aromatic heterocycles. The van der Waals surface area contributed by atoms with Gasteiger partial charge in [-0.3, -0.25) is 9.69 Å². The second-order valence-corrected chi connectivity index (χ2v) is 9.68. The predicted molar refractivity (Wildman–Crippen MR) is 96.1 cm³/mol. The molecule has 168 valence electrons. The Bertz CT molecular complexity index is 921. The first-order chi connectivity index (χ1) is 13.5. The van der Waals surface area contributed by atoms with E-state index in [1.54, 1.807) is 20.8 Å². The molecule has 2 rings (SSSR count). The van der Waals surface area contributed by atoms with Crippen molar-refractivity contribution in [3.05, 3.63) is 23.6 Å². The molecule has 0 spiro atoms. The Hall–Kier alpha value is -2.42. The lowest BCUT2D eigenvalue weighted by molar-refractivity contribution is -0.149. The van der Waals surface area contributed by atoms with Gasteiger partial charge in [-0.2, -0.15) is 21.6 Å². The van der Waals surface area contributed by atoms with Crippen molar-refractivity contribution in [1.29, 1.82) is 0 Å². The van der Waals surface area contributed by atoms with Gasteiger partial charge in [-0.25, -0.2) is 9.59 Å². The van der Waals surface area contributed by atoms with Crippen molar-refractivity contribution in [1.82, 2.24) is 10.2 Å². The van der Waals surface area contributed by atoms with Crippen molar-refractivity contribution in [3.8, 4) is 0 Å². The van der Waals surface area contributed by atoms with Crippen LogP contribution < -0.4 is 5.32 Å². The molecule has 2 aliphatic rings. The van der Waals surface area contributed by atoms with E-state index in [0.29, 0.717) is 0 Å². The van der Waals surface area contributed by atoms with Gasteiger partial charge in [-0.05, 0) is 32.4 Å². The van der Waals surface area contributed by atoms with Gasteiger partial charge in [0, 0.05) is 5.75 Å². The summed E-state index contributed by atoms with van der Waals surface area (Å²) in [4.78, 5) is 36.7. The first kappa shape index (κ1) is 23.9. The van der Waals surface area contributed by atoms with Crippen molar-refractivity contribution in [2.75, 3.05) is 5.75 Å². The van der Waals surface area contributed by atoms with Crippen LogP contribution in [0.15, 0.2) is 23.6 Å². The molecular weight excluding hydrogens is 457 g/mol. The highest BCUT2D eigenvalue weighted by molar-refractivity contribution is 8.00. The van der Waals surface area contributed by atoms with Crippen molar-refractivity contribution in [3.63, 3.8) is 0 Å². The average Bonchev–Trinajstić information content (AvgIpc) is 2.56. The van der Waals surface area contributed by atoms with E-state index in [0.717, 1.165) is 22.7 Å². The quantitative estimate of drug-likeness (QED) is 0.263. The SMILES string of the molecule is CC(C)(C)OC(=O)NC1C(=O)N2C(C(=O)O)=C(C=COS(=O)(=O)C(F)(F)F)CSC12. The second-order valence-electron chi connectivity index (χ2n) is 7.01. The molecule has 2 N–H and O–H groups in total. The molecule has 0 radical (unpaired) electrons. The third-order valence-electron chi connectivity index (χ3n) is 3.61. The van der Waals surface area contributed by atoms with Crippen LogP contribution in [0.2, 0.25) is 0 Å².